The first-order chi connectivity index (χ1) is 21.1. The van der Waals surface area contributed by atoms with E-state index < -0.39 is 55.1 Å². The van der Waals surface area contributed by atoms with Gasteiger partial charge in [-0.25, -0.2) is 28.8 Å². The monoisotopic (exact) mass is 608 g/mol. The van der Waals surface area contributed by atoms with Crippen molar-refractivity contribution in [1.29, 1.82) is 0 Å². The molecule has 0 saturated heterocycles. The molecule has 0 aliphatic heterocycles. The molecule has 0 heterocycles. The molecule has 0 fully saturated rings. The number of carbonyl (C=O) groups is 6. The lowest BCUT2D eigenvalue weighted by Gasteiger charge is -2.19. The van der Waals surface area contributed by atoms with Gasteiger partial charge in [0.1, 0.15) is 19.0 Å². The van der Waals surface area contributed by atoms with Gasteiger partial charge in [-0.15, -0.1) is 0 Å². The summed E-state index contributed by atoms with van der Waals surface area (Å²) in [6.07, 6.45) is -1.41. The fourth-order valence-corrected chi connectivity index (χ4v) is 3.83. The average molecular weight is 609 g/mol. The summed E-state index contributed by atoms with van der Waals surface area (Å²) < 4.78 is 35.4. The molecule has 230 valence electrons. The highest BCUT2D eigenvalue weighted by molar-refractivity contribution is 6.05. The van der Waals surface area contributed by atoms with Crippen LogP contribution in [0.25, 0.3) is 0 Å². The Kier molecular flexibility index (Phi) is 11.5. The van der Waals surface area contributed by atoms with Gasteiger partial charge in [0, 0.05) is 0 Å². The van der Waals surface area contributed by atoms with Crippen molar-refractivity contribution in [2.45, 2.75) is 6.10 Å². The van der Waals surface area contributed by atoms with Gasteiger partial charge >= 0.3 is 35.8 Å². The Morgan fingerprint density at radius 1 is 0.500 bits per heavy atom. The second-order valence-electron chi connectivity index (χ2n) is 8.70. The number of methoxy groups -OCH3 is 4. The van der Waals surface area contributed by atoms with E-state index in [-0.39, 0.29) is 39.1 Å². The zero-order valence-corrected chi connectivity index (χ0v) is 24.1. The van der Waals surface area contributed by atoms with Crippen LogP contribution in [0.5, 0.6) is 5.75 Å². The summed E-state index contributed by atoms with van der Waals surface area (Å²) >= 11 is 0. The molecular weight excluding hydrogens is 580 g/mol. The van der Waals surface area contributed by atoms with Crippen LogP contribution in [-0.2, 0) is 28.4 Å². The third-order valence-corrected chi connectivity index (χ3v) is 6.03. The first-order valence-electron chi connectivity index (χ1n) is 12.8. The van der Waals surface area contributed by atoms with Crippen LogP contribution >= 0.6 is 0 Å². The molecule has 3 aromatic rings. The smallest absolute Gasteiger partial charge is 0.339 e. The fraction of sp³-hybridized carbons (Fsp3) is 0.226. The van der Waals surface area contributed by atoms with Crippen molar-refractivity contribution in [1.82, 2.24) is 0 Å². The average Bonchev–Trinajstić information content (AvgIpc) is 3.07. The molecular formula is C31H28O13. The highest BCUT2D eigenvalue weighted by atomic mass is 16.6. The summed E-state index contributed by atoms with van der Waals surface area (Å²) in [5.74, 6) is -5.12. The Labute approximate surface area is 251 Å². The highest BCUT2D eigenvalue weighted by Crippen LogP contribution is 2.21. The molecule has 0 aliphatic rings. The van der Waals surface area contributed by atoms with Gasteiger partial charge in [0.2, 0.25) is 0 Å². The Bertz CT molecular complexity index is 1560. The molecule has 0 bridgehead atoms. The van der Waals surface area contributed by atoms with Crippen LogP contribution in [0, 0.1) is 0 Å². The normalized spacial score (nSPS) is 10.9. The molecule has 0 aliphatic carbocycles. The summed E-state index contributed by atoms with van der Waals surface area (Å²) in [5.41, 5.74) is -0.784. The molecule has 13 heteroatoms. The number of hydrogen-bond acceptors (Lipinski definition) is 13. The minimum atomic E-state index is -1.41. The van der Waals surface area contributed by atoms with Gasteiger partial charge in [0.25, 0.3) is 0 Å². The molecule has 0 radical (unpaired) electrons. The Balaban J connectivity index is 1.86. The van der Waals surface area contributed by atoms with Gasteiger partial charge < -0.3 is 33.2 Å². The maximum absolute atomic E-state index is 13.1. The standard InChI is InChI=1S/C31H28O13/c1-38-18-13-14-24(25(15-18)28(34)41-4)30(36)43-17-19(44-31(37)23-12-8-6-10-21(23)27(33)40-3)16-42-29(35)22-11-7-5-9-20(22)26(32)39-2/h5-15,19H,16-17H2,1-4H3. The van der Waals surface area contributed by atoms with E-state index in [1.54, 1.807) is 0 Å². The molecule has 3 aromatic carbocycles. The van der Waals surface area contributed by atoms with Crippen molar-refractivity contribution >= 4 is 35.8 Å². The van der Waals surface area contributed by atoms with E-state index in [2.05, 4.69) is 0 Å². The topological polar surface area (TPSA) is 167 Å². The first kappa shape index (κ1) is 32.8. The van der Waals surface area contributed by atoms with Gasteiger partial charge in [0.15, 0.2) is 6.10 Å². The minimum absolute atomic E-state index is 0.0678. The second-order valence-corrected chi connectivity index (χ2v) is 8.70. The largest absolute Gasteiger partial charge is 0.497 e. The van der Waals surface area contributed by atoms with E-state index in [9.17, 15) is 28.8 Å². The molecule has 1 atom stereocenters. The SMILES string of the molecule is COC(=O)c1ccccc1C(=O)OCC(COC(=O)c1ccc(OC)cc1C(=O)OC)OC(=O)c1ccccc1C(=O)OC. The van der Waals surface area contributed by atoms with Crippen LogP contribution in [0.1, 0.15) is 62.1 Å². The third-order valence-electron chi connectivity index (χ3n) is 6.03. The zero-order chi connectivity index (χ0) is 32.2. The predicted molar refractivity (Wildman–Crippen MR) is 150 cm³/mol. The van der Waals surface area contributed by atoms with E-state index in [1.165, 1.54) is 73.8 Å². The molecule has 1 unspecified atom stereocenters. The van der Waals surface area contributed by atoms with E-state index in [0.717, 1.165) is 21.3 Å². The van der Waals surface area contributed by atoms with Crippen molar-refractivity contribution in [2.75, 3.05) is 41.7 Å². The lowest BCUT2D eigenvalue weighted by atomic mass is 10.1. The van der Waals surface area contributed by atoms with Crippen LogP contribution < -0.4 is 4.74 Å². The van der Waals surface area contributed by atoms with Crippen molar-refractivity contribution < 1.29 is 61.9 Å². The molecule has 0 N–H and O–H groups in total. The number of benzene rings is 3. The Hall–Kier alpha value is -5.72. The quantitative estimate of drug-likeness (QED) is 0.217. The van der Waals surface area contributed by atoms with Crippen LogP contribution in [0.15, 0.2) is 66.7 Å². The van der Waals surface area contributed by atoms with Gasteiger partial charge in [-0.05, 0) is 42.5 Å². The van der Waals surface area contributed by atoms with E-state index in [4.69, 9.17) is 33.2 Å². The lowest BCUT2D eigenvalue weighted by Crippen LogP contribution is -2.32. The molecule has 3 rings (SSSR count). The number of hydrogen-bond donors (Lipinski definition) is 0. The Morgan fingerprint density at radius 3 is 1.32 bits per heavy atom. The van der Waals surface area contributed by atoms with Crippen molar-refractivity contribution in [3.8, 4) is 5.75 Å². The maximum atomic E-state index is 13.1. The molecule has 13 nitrogen and oxygen atoms in total. The van der Waals surface area contributed by atoms with Crippen molar-refractivity contribution in [3.63, 3.8) is 0 Å². The van der Waals surface area contributed by atoms with Crippen LogP contribution in [0.4, 0.5) is 0 Å². The summed E-state index contributed by atoms with van der Waals surface area (Å²) in [6.45, 7) is -1.29. The van der Waals surface area contributed by atoms with Gasteiger partial charge in [-0.1, -0.05) is 24.3 Å². The minimum Gasteiger partial charge on any atom is -0.497 e. The zero-order valence-electron chi connectivity index (χ0n) is 24.1. The van der Waals surface area contributed by atoms with E-state index in [0.29, 0.717) is 0 Å². The van der Waals surface area contributed by atoms with Crippen molar-refractivity contribution in [3.05, 3.63) is 100 Å². The first-order valence-corrected chi connectivity index (χ1v) is 12.8. The maximum Gasteiger partial charge on any atom is 0.339 e. The molecule has 44 heavy (non-hydrogen) atoms. The number of esters is 6. The third kappa shape index (κ3) is 7.97. The van der Waals surface area contributed by atoms with E-state index in [1.807, 2.05) is 0 Å². The fourth-order valence-electron chi connectivity index (χ4n) is 3.83. The van der Waals surface area contributed by atoms with Crippen LogP contribution in [0.2, 0.25) is 0 Å². The summed E-state index contributed by atoms with van der Waals surface area (Å²) in [5, 5.41) is 0. The van der Waals surface area contributed by atoms with Crippen LogP contribution in [-0.4, -0.2) is 83.6 Å². The summed E-state index contributed by atoms with van der Waals surface area (Å²) in [7, 11) is 4.79. The number of carbonyl (C=O) groups excluding carboxylic acids is 6. The lowest BCUT2D eigenvalue weighted by molar-refractivity contribution is -0.0255. The van der Waals surface area contributed by atoms with Gasteiger partial charge in [-0.2, -0.15) is 0 Å². The number of rotatable bonds is 12. The molecule has 0 saturated carbocycles. The second kappa shape index (κ2) is 15.5. The number of ether oxygens (including phenoxy) is 7. The van der Waals surface area contributed by atoms with E-state index >= 15 is 0 Å². The summed E-state index contributed by atoms with van der Waals surface area (Å²) in [4.78, 5) is 75.6. The highest BCUT2D eigenvalue weighted by Gasteiger charge is 2.27. The molecule has 0 spiro atoms. The predicted octanol–water partition coefficient (Wildman–Crippen LogP) is 3.29. The molecule has 0 aromatic heterocycles. The molecule has 0 amide bonds. The van der Waals surface area contributed by atoms with Gasteiger partial charge in [0.05, 0.1) is 61.8 Å². The Morgan fingerprint density at radius 2 is 0.886 bits per heavy atom. The van der Waals surface area contributed by atoms with Crippen LogP contribution in [0.3, 0.4) is 0 Å². The summed E-state index contributed by atoms with van der Waals surface area (Å²) in [6, 6.07) is 15.4. The van der Waals surface area contributed by atoms with Gasteiger partial charge in [-0.3, -0.25) is 0 Å². The van der Waals surface area contributed by atoms with Crippen molar-refractivity contribution in [2.24, 2.45) is 0 Å².